The van der Waals surface area contributed by atoms with Crippen molar-refractivity contribution in [3.05, 3.63) is 102 Å². The Morgan fingerprint density at radius 2 is 1.89 bits per heavy atom. The number of thiazole rings is 1. The van der Waals surface area contributed by atoms with Gasteiger partial charge in [0.15, 0.2) is 11.5 Å². The number of pyridine rings is 1. The molecule has 0 spiro atoms. The third-order valence-electron chi connectivity index (χ3n) is 5.15. The number of anilines is 1. The van der Waals surface area contributed by atoms with Gasteiger partial charge in [0.1, 0.15) is 17.3 Å². The van der Waals surface area contributed by atoms with Gasteiger partial charge < -0.3 is 14.8 Å². The van der Waals surface area contributed by atoms with Crippen LogP contribution in [0.3, 0.4) is 0 Å². The molecular formula is C26H21N5O3S. The summed E-state index contributed by atoms with van der Waals surface area (Å²) >= 11 is 1.39. The minimum Gasteiger partial charge on any atom is -0.493 e. The van der Waals surface area contributed by atoms with Gasteiger partial charge in [0, 0.05) is 41.3 Å². The summed E-state index contributed by atoms with van der Waals surface area (Å²) in [6.45, 7) is 0.350. The lowest BCUT2D eigenvalue weighted by Crippen LogP contribution is -2.12. The van der Waals surface area contributed by atoms with Crippen LogP contribution in [0.5, 0.6) is 11.5 Å². The zero-order chi connectivity index (χ0) is 24.0. The highest BCUT2D eigenvalue weighted by molar-refractivity contribution is 7.13. The van der Waals surface area contributed by atoms with Gasteiger partial charge >= 0.3 is 0 Å². The van der Waals surface area contributed by atoms with Crippen LogP contribution in [0.15, 0.2) is 90.8 Å². The molecule has 35 heavy (non-hydrogen) atoms. The van der Waals surface area contributed by atoms with Gasteiger partial charge in [-0.2, -0.15) is 5.10 Å². The lowest BCUT2D eigenvalue weighted by atomic mass is 10.2. The molecule has 8 nitrogen and oxygen atoms in total. The third kappa shape index (κ3) is 5.20. The van der Waals surface area contributed by atoms with Gasteiger partial charge in [0.05, 0.1) is 19.0 Å². The number of nitrogens with zero attached hydrogens (tertiary/aromatic N) is 4. The van der Waals surface area contributed by atoms with Crippen LogP contribution in [0.4, 0.5) is 5.69 Å². The Labute approximate surface area is 205 Å². The van der Waals surface area contributed by atoms with Crippen LogP contribution < -0.4 is 14.8 Å². The molecule has 0 saturated heterocycles. The summed E-state index contributed by atoms with van der Waals surface area (Å²) in [4.78, 5) is 21.4. The first kappa shape index (κ1) is 22.3. The first-order valence-electron chi connectivity index (χ1n) is 10.8. The number of nitrogens with one attached hydrogen (secondary N) is 1. The average molecular weight is 484 g/mol. The molecule has 0 saturated carbocycles. The number of methoxy groups -OCH3 is 1. The average Bonchev–Trinajstić information content (AvgIpc) is 3.59. The molecule has 5 rings (SSSR count). The molecule has 174 valence electrons. The number of carbonyl (C=O) groups is 1. The lowest BCUT2D eigenvalue weighted by molar-refractivity contribution is 0.102. The second-order valence-electron chi connectivity index (χ2n) is 7.51. The van der Waals surface area contributed by atoms with E-state index in [0.29, 0.717) is 34.5 Å². The number of rotatable bonds is 8. The fraction of sp³-hybridized carbons (Fsp3) is 0.0769. The van der Waals surface area contributed by atoms with Crippen LogP contribution in [0, 0.1) is 0 Å². The van der Waals surface area contributed by atoms with Crippen LogP contribution in [0.1, 0.15) is 16.1 Å². The van der Waals surface area contributed by atoms with Gasteiger partial charge in [-0.1, -0.05) is 18.2 Å². The maximum atomic E-state index is 12.9. The van der Waals surface area contributed by atoms with Gasteiger partial charge in [0.25, 0.3) is 5.91 Å². The van der Waals surface area contributed by atoms with Crippen molar-refractivity contribution in [2.24, 2.45) is 0 Å². The van der Waals surface area contributed by atoms with Gasteiger partial charge in [-0.05, 0) is 42.0 Å². The molecule has 0 unspecified atom stereocenters. The fourth-order valence-corrected chi connectivity index (χ4v) is 4.14. The van der Waals surface area contributed by atoms with E-state index in [4.69, 9.17) is 9.47 Å². The van der Waals surface area contributed by atoms with Crippen molar-refractivity contribution in [3.8, 4) is 27.8 Å². The van der Waals surface area contributed by atoms with E-state index in [1.807, 2.05) is 48.7 Å². The maximum absolute atomic E-state index is 12.9. The SMILES string of the molecule is COc1ccc(NC(=O)c2csc(-c3cnn(-c4ccccc4)c3)n2)cc1OCc1ccncc1. The highest BCUT2D eigenvalue weighted by Crippen LogP contribution is 2.31. The van der Waals surface area contributed by atoms with Crippen LogP contribution in [0.2, 0.25) is 0 Å². The largest absolute Gasteiger partial charge is 0.493 e. The van der Waals surface area contributed by atoms with Crippen LogP contribution in [-0.4, -0.2) is 32.8 Å². The summed E-state index contributed by atoms with van der Waals surface area (Å²) < 4.78 is 13.1. The molecule has 0 atom stereocenters. The smallest absolute Gasteiger partial charge is 0.275 e. The molecule has 3 heterocycles. The standard InChI is InChI=1S/C26H21N5O3S/c1-33-23-8-7-20(13-24(23)34-16-18-9-11-27-12-10-18)29-25(32)22-17-35-26(30-22)19-14-28-31(15-19)21-5-3-2-4-6-21/h2-15,17H,16H2,1H3,(H,29,32). The van der Waals surface area contributed by atoms with Crippen molar-refractivity contribution >= 4 is 22.9 Å². The van der Waals surface area contributed by atoms with Crippen LogP contribution >= 0.6 is 11.3 Å². The minimum absolute atomic E-state index is 0.312. The third-order valence-corrected chi connectivity index (χ3v) is 6.04. The van der Waals surface area contributed by atoms with E-state index >= 15 is 0 Å². The van der Waals surface area contributed by atoms with E-state index in [1.165, 1.54) is 11.3 Å². The number of benzene rings is 2. The van der Waals surface area contributed by atoms with Gasteiger partial charge in [-0.15, -0.1) is 11.3 Å². The summed E-state index contributed by atoms with van der Waals surface area (Å²) in [7, 11) is 1.57. The number of amides is 1. The molecule has 0 aliphatic rings. The van der Waals surface area contributed by atoms with Crippen molar-refractivity contribution < 1.29 is 14.3 Å². The first-order chi connectivity index (χ1) is 17.2. The molecule has 0 aliphatic heterocycles. The lowest BCUT2D eigenvalue weighted by Gasteiger charge is -2.13. The number of para-hydroxylation sites is 1. The highest BCUT2D eigenvalue weighted by atomic mass is 32.1. The van der Waals surface area contributed by atoms with Gasteiger partial charge in [-0.3, -0.25) is 9.78 Å². The Hall–Kier alpha value is -4.50. The van der Waals surface area contributed by atoms with E-state index in [2.05, 4.69) is 20.4 Å². The molecule has 2 aromatic carbocycles. The molecule has 0 bridgehead atoms. The molecule has 3 aromatic heterocycles. The maximum Gasteiger partial charge on any atom is 0.275 e. The van der Waals surface area contributed by atoms with E-state index in [0.717, 1.165) is 16.8 Å². The second-order valence-corrected chi connectivity index (χ2v) is 8.37. The molecule has 1 N–H and O–H groups in total. The zero-order valence-corrected chi connectivity index (χ0v) is 19.6. The van der Waals surface area contributed by atoms with E-state index < -0.39 is 0 Å². The fourth-order valence-electron chi connectivity index (χ4n) is 3.37. The summed E-state index contributed by atoms with van der Waals surface area (Å²) in [5.74, 6) is 0.783. The first-order valence-corrected chi connectivity index (χ1v) is 11.6. The van der Waals surface area contributed by atoms with Crippen LogP contribution in [-0.2, 0) is 6.61 Å². The summed E-state index contributed by atoms with van der Waals surface area (Å²) in [5, 5.41) is 9.73. The Morgan fingerprint density at radius 3 is 2.69 bits per heavy atom. The van der Waals surface area contributed by atoms with Gasteiger partial charge in [-0.25, -0.2) is 9.67 Å². The molecular weight excluding hydrogens is 462 g/mol. The Kier molecular flexibility index (Phi) is 6.49. The molecule has 1 amide bonds. The molecule has 9 heteroatoms. The van der Waals surface area contributed by atoms with Crippen molar-refractivity contribution in [3.63, 3.8) is 0 Å². The molecule has 0 aliphatic carbocycles. The zero-order valence-electron chi connectivity index (χ0n) is 18.8. The van der Waals surface area contributed by atoms with E-state index in [9.17, 15) is 4.79 Å². The summed E-state index contributed by atoms with van der Waals surface area (Å²) in [6.07, 6.45) is 7.05. The predicted molar refractivity (Wildman–Crippen MR) is 134 cm³/mol. The van der Waals surface area contributed by atoms with Crippen molar-refractivity contribution in [2.75, 3.05) is 12.4 Å². The molecule has 0 radical (unpaired) electrons. The van der Waals surface area contributed by atoms with Crippen molar-refractivity contribution in [1.82, 2.24) is 19.7 Å². The number of carbonyl (C=O) groups excluding carboxylic acids is 1. The number of hydrogen-bond donors (Lipinski definition) is 1. The Bertz CT molecular complexity index is 1430. The normalized spacial score (nSPS) is 10.7. The van der Waals surface area contributed by atoms with Gasteiger partial charge in [0.2, 0.25) is 0 Å². The Morgan fingerprint density at radius 1 is 1.06 bits per heavy atom. The second kappa shape index (κ2) is 10.2. The number of ether oxygens (including phenoxy) is 2. The van der Waals surface area contributed by atoms with E-state index in [1.54, 1.807) is 54.0 Å². The quantitative estimate of drug-likeness (QED) is 0.325. The van der Waals surface area contributed by atoms with Crippen molar-refractivity contribution in [1.29, 1.82) is 0 Å². The topological polar surface area (TPSA) is 91.2 Å². The predicted octanol–water partition coefficient (Wildman–Crippen LogP) is 5.23. The highest BCUT2D eigenvalue weighted by Gasteiger charge is 2.15. The molecule has 5 aromatic rings. The Balaban J connectivity index is 1.28. The summed E-state index contributed by atoms with van der Waals surface area (Å²) in [5.41, 5.74) is 3.67. The van der Waals surface area contributed by atoms with Crippen molar-refractivity contribution in [2.45, 2.75) is 6.61 Å². The minimum atomic E-state index is -0.312. The summed E-state index contributed by atoms with van der Waals surface area (Å²) in [6, 6.07) is 18.8. The molecule has 0 fully saturated rings. The van der Waals surface area contributed by atoms with E-state index in [-0.39, 0.29) is 5.91 Å². The van der Waals surface area contributed by atoms with Crippen LogP contribution in [0.25, 0.3) is 16.3 Å². The number of aromatic nitrogens is 4. The number of hydrogen-bond acceptors (Lipinski definition) is 7. The monoisotopic (exact) mass is 483 g/mol.